The summed E-state index contributed by atoms with van der Waals surface area (Å²) in [6, 6.07) is 14.3. The lowest BCUT2D eigenvalue weighted by atomic mass is 10.2. The minimum atomic E-state index is -0.466. The van der Waals surface area contributed by atoms with Gasteiger partial charge in [-0.15, -0.1) is 0 Å². The topological polar surface area (TPSA) is 118 Å². The number of hydrogen-bond acceptors (Lipinski definition) is 9. The van der Waals surface area contributed by atoms with Crippen molar-refractivity contribution in [3.8, 4) is 5.88 Å². The number of imide groups is 1. The number of aromatic nitrogens is 2. The molecule has 1 aromatic carbocycles. The highest BCUT2D eigenvalue weighted by molar-refractivity contribution is 8.18. The van der Waals surface area contributed by atoms with Gasteiger partial charge in [0.1, 0.15) is 12.4 Å². The smallest absolute Gasteiger partial charge is 0.290 e. The number of carbonyl (C=O) groups excluding carboxylic acids is 3. The van der Waals surface area contributed by atoms with Gasteiger partial charge in [0.15, 0.2) is 0 Å². The van der Waals surface area contributed by atoms with E-state index in [0.717, 1.165) is 11.8 Å². The van der Waals surface area contributed by atoms with Gasteiger partial charge < -0.3 is 19.0 Å². The quantitative estimate of drug-likeness (QED) is 0.519. The lowest BCUT2D eigenvalue weighted by Crippen LogP contribution is -2.49. The van der Waals surface area contributed by atoms with Crippen LogP contribution in [-0.4, -0.2) is 58.1 Å². The summed E-state index contributed by atoms with van der Waals surface area (Å²) in [4.78, 5) is 49.4. The molecule has 3 aromatic rings. The summed E-state index contributed by atoms with van der Waals surface area (Å²) in [5.74, 6) is 0.868. The predicted octanol–water partition coefficient (Wildman–Crippen LogP) is 2.93. The molecule has 0 bridgehead atoms. The molecule has 0 atom stereocenters. The highest BCUT2D eigenvalue weighted by atomic mass is 32.2. The maximum absolute atomic E-state index is 12.8. The number of piperazine rings is 1. The molecule has 5 rings (SSSR count). The summed E-state index contributed by atoms with van der Waals surface area (Å²) in [6.45, 7) is 2.26. The maximum atomic E-state index is 12.8. The van der Waals surface area contributed by atoms with Gasteiger partial charge in [-0.05, 0) is 42.1 Å². The Morgan fingerprint density at radius 3 is 2.57 bits per heavy atom. The van der Waals surface area contributed by atoms with Gasteiger partial charge in [0.2, 0.25) is 11.8 Å². The summed E-state index contributed by atoms with van der Waals surface area (Å²) < 4.78 is 11.1. The lowest BCUT2D eigenvalue weighted by molar-refractivity contribution is -0.115. The first-order chi connectivity index (χ1) is 17.0. The molecule has 1 N–H and O–H groups in total. The first kappa shape index (κ1) is 22.7. The summed E-state index contributed by atoms with van der Waals surface area (Å²) in [5.41, 5.74) is 1.08. The third-order valence-corrected chi connectivity index (χ3v) is 6.26. The van der Waals surface area contributed by atoms with E-state index in [1.165, 1.54) is 6.08 Å². The number of ether oxygens (including phenoxy) is 1. The molecule has 3 amide bonds. The minimum absolute atomic E-state index is 0.0129. The van der Waals surface area contributed by atoms with Gasteiger partial charge in [-0.1, -0.05) is 18.2 Å². The number of rotatable bonds is 6. The summed E-state index contributed by atoms with van der Waals surface area (Å²) >= 11 is 0.816. The Kier molecular flexibility index (Phi) is 6.49. The average Bonchev–Trinajstić information content (AvgIpc) is 3.52. The van der Waals surface area contributed by atoms with E-state index < -0.39 is 11.1 Å². The van der Waals surface area contributed by atoms with Gasteiger partial charge in [-0.25, -0.2) is 4.98 Å². The molecule has 11 heteroatoms. The minimum Gasteiger partial charge on any atom is -0.469 e. The molecule has 0 radical (unpaired) electrons. The van der Waals surface area contributed by atoms with Crippen LogP contribution in [0.4, 0.5) is 10.7 Å². The molecule has 2 aromatic heterocycles. The Labute approximate surface area is 205 Å². The number of nitrogens with one attached hydrogen (secondary N) is 1. The second-order valence-electron chi connectivity index (χ2n) is 7.80. The normalized spacial score (nSPS) is 17.1. The van der Waals surface area contributed by atoms with E-state index in [1.807, 2.05) is 23.1 Å². The Balaban J connectivity index is 1.35. The Morgan fingerprint density at radius 2 is 1.89 bits per heavy atom. The molecule has 0 spiro atoms. The van der Waals surface area contributed by atoms with Crippen LogP contribution in [0.5, 0.6) is 5.88 Å². The Bertz CT molecular complexity index is 1270. The molecule has 0 unspecified atom stereocenters. The first-order valence-electron chi connectivity index (χ1n) is 10.9. The van der Waals surface area contributed by atoms with Gasteiger partial charge in [0, 0.05) is 37.8 Å². The van der Waals surface area contributed by atoms with E-state index in [-0.39, 0.29) is 17.4 Å². The highest BCUT2D eigenvalue weighted by Crippen LogP contribution is 2.27. The predicted molar refractivity (Wildman–Crippen MR) is 129 cm³/mol. The fourth-order valence-corrected chi connectivity index (χ4v) is 4.35. The third kappa shape index (κ3) is 5.35. The van der Waals surface area contributed by atoms with E-state index >= 15 is 0 Å². The lowest BCUT2D eigenvalue weighted by Gasteiger charge is -2.35. The standard InChI is InChI=1S/C24H21N5O5S/c30-21-19(35-24(32)27-21)13-17-14-20(34-15-18-7-4-12-33-18)26-23(25-17)29-10-8-28(9-11-29)22(31)16-5-2-1-3-6-16/h1-7,12-14H,8-11,15H2,(H,27,30,32). The monoisotopic (exact) mass is 491 g/mol. The second-order valence-corrected chi connectivity index (χ2v) is 8.81. The van der Waals surface area contributed by atoms with E-state index in [4.69, 9.17) is 9.15 Å². The fourth-order valence-electron chi connectivity index (χ4n) is 3.69. The van der Waals surface area contributed by atoms with Crippen LogP contribution >= 0.6 is 11.8 Å². The molecular formula is C24H21N5O5S. The zero-order chi connectivity index (χ0) is 24.2. The maximum Gasteiger partial charge on any atom is 0.290 e. The van der Waals surface area contributed by atoms with E-state index in [2.05, 4.69) is 15.3 Å². The van der Waals surface area contributed by atoms with E-state index in [9.17, 15) is 14.4 Å². The number of furan rings is 1. The summed E-state index contributed by atoms with van der Waals surface area (Å²) in [5, 5.41) is 1.81. The van der Waals surface area contributed by atoms with Crippen molar-refractivity contribution in [1.82, 2.24) is 20.2 Å². The fraction of sp³-hybridized carbons (Fsp3) is 0.208. The molecule has 35 heavy (non-hydrogen) atoms. The van der Waals surface area contributed by atoms with Crippen molar-refractivity contribution in [2.24, 2.45) is 0 Å². The number of carbonyl (C=O) groups is 3. The largest absolute Gasteiger partial charge is 0.469 e. The zero-order valence-corrected chi connectivity index (χ0v) is 19.4. The molecule has 2 fully saturated rings. The second kappa shape index (κ2) is 10.0. The number of nitrogens with zero attached hydrogens (tertiary/aromatic N) is 4. The molecule has 0 aliphatic carbocycles. The van der Waals surface area contributed by atoms with Crippen molar-refractivity contribution in [1.29, 1.82) is 0 Å². The number of anilines is 1. The van der Waals surface area contributed by atoms with Crippen LogP contribution in [0, 0.1) is 0 Å². The van der Waals surface area contributed by atoms with Crippen LogP contribution in [0.3, 0.4) is 0 Å². The van der Waals surface area contributed by atoms with Crippen LogP contribution < -0.4 is 15.0 Å². The van der Waals surface area contributed by atoms with Crippen molar-refractivity contribution >= 4 is 40.8 Å². The van der Waals surface area contributed by atoms with Crippen LogP contribution in [0.2, 0.25) is 0 Å². The molecule has 2 saturated heterocycles. The average molecular weight is 492 g/mol. The summed E-state index contributed by atoms with van der Waals surface area (Å²) in [7, 11) is 0. The van der Waals surface area contributed by atoms with Crippen LogP contribution in [0.15, 0.2) is 64.1 Å². The molecule has 0 saturated carbocycles. The number of hydrogen-bond donors (Lipinski definition) is 1. The van der Waals surface area contributed by atoms with Crippen molar-refractivity contribution in [2.75, 3.05) is 31.1 Å². The molecule has 178 valence electrons. The first-order valence-corrected chi connectivity index (χ1v) is 11.8. The van der Waals surface area contributed by atoms with Crippen LogP contribution in [0.1, 0.15) is 21.8 Å². The van der Waals surface area contributed by atoms with Crippen LogP contribution in [0.25, 0.3) is 6.08 Å². The van der Waals surface area contributed by atoms with Crippen molar-refractivity contribution in [3.63, 3.8) is 0 Å². The number of thioether (sulfide) groups is 1. The van der Waals surface area contributed by atoms with E-state index in [1.54, 1.807) is 41.5 Å². The molecular weight excluding hydrogens is 470 g/mol. The number of amides is 3. The van der Waals surface area contributed by atoms with Gasteiger partial charge in [0.05, 0.1) is 16.9 Å². The Hall–Kier alpha value is -4.12. The summed E-state index contributed by atoms with van der Waals surface area (Å²) in [6.07, 6.45) is 3.09. The van der Waals surface area contributed by atoms with Gasteiger partial charge in [-0.3, -0.25) is 19.7 Å². The van der Waals surface area contributed by atoms with E-state index in [0.29, 0.717) is 55.0 Å². The van der Waals surface area contributed by atoms with Gasteiger partial charge in [-0.2, -0.15) is 4.98 Å². The van der Waals surface area contributed by atoms with Crippen LogP contribution in [-0.2, 0) is 11.4 Å². The molecule has 10 nitrogen and oxygen atoms in total. The highest BCUT2D eigenvalue weighted by Gasteiger charge is 2.27. The third-order valence-electron chi connectivity index (χ3n) is 5.44. The van der Waals surface area contributed by atoms with Crippen molar-refractivity contribution in [2.45, 2.75) is 6.61 Å². The zero-order valence-electron chi connectivity index (χ0n) is 18.5. The number of benzene rings is 1. The van der Waals surface area contributed by atoms with Gasteiger partial charge in [0.25, 0.3) is 17.1 Å². The van der Waals surface area contributed by atoms with Gasteiger partial charge >= 0.3 is 0 Å². The van der Waals surface area contributed by atoms with Crippen molar-refractivity contribution in [3.05, 3.63) is 76.7 Å². The molecule has 4 heterocycles. The Morgan fingerprint density at radius 1 is 1.09 bits per heavy atom. The SMILES string of the molecule is O=C1NC(=O)C(=Cc2cc(OCc3ccco3)nc(N3CCN(C(=O)c4ccccc4)CC3)n2)S1. The molecule has 2 aliphatic heterocycles. The molecule has 2 aliphatic rings. The van der Waals surface area contributed by atoms with Crippen molar-refractivity contribution < 1.29 is 23.5 Å².